The van der Waals surface area contributed by atoms with Crippen LogP contribution >= 0.6 is 0 Å². The number of urea groups is 1. The first-order valence-electron chi connectivity index (χ1n) is 9.49. The van der Waals surface area contributed by atoms with Gasteiger partial charge in [-0.15, -0.1) is 0 Å². The van der Waals surface area contributed by atoms with E-state index in [0.717, 1.165) is 30.7 Å². The van der Waals surface area contributed by atoms with Crippen LogP contribution in [-0.4, -0.2) is 36.3 Å². The van der Waals surface area contributed by atoms with Crippen LogP contribution < -0.4 is 10.6 Å². The normalized spacial score (nSPS) is 29.0. The number of aromatic amines is 1. The van der Waals surface area contributed by atoms with Crippen LogP contribution in [0.3, 0.4) is 0 Å². The third-order valence-electron chi connectivity index (χ3n) is 6.59. The van der Waals surface area contributed by atoms with Crippen molar-refractivity contribution in [3.63, 3.8) is 0 Å². The van der Waals surface area contributed by atoms with Gasteiger partial charge in [-0.05, 0) is 36.8 Å². The highest BCUT2D eigenvalue weighted by molar-refractivity contribution is 5.80. The Hall–Kier alpha value is -2.01. The minimum absolute atomic E-state index is 0.0299. The van der Waals surface area contributed by atoms with E-state index in [2.05, 4.69) is 33.8 Å². The Morgan fingerprint density at radius 3 is 3.00 bits per heavy atom. The number of ether oxygens (including phenoxy) is 1. The summed E-state index contributed by atoms with van der Waals surface area (Å²) in [5.74, 6) is 0.528. The van der Waals surface area contributed by atoms with Crippen LogP contribution in [0.5, 0.6) is 0 Å². The molecule has 0 unspecified atom stereocenters. The number of benzene rings is 1. The Morgan fingerprint density at radius 1 is 1.32 bits per heavy atom. The fourth-order valence-electron chi connectivity index (χ4n) is 5.23. The monoisotopic (exact) mass is 339 g/mol. The molecule has 3 aliphatic rings. The van der Waals surface area contributed by atoms with Gasteiger partial charge in [0.25, 0.3) is 0 Å². The highest BCUT2D eigenvalue weighted by Gasteiger charge is 2.66. The SMILES string of the molecule is O=C(NCCc1cc2ccccc2[nH]1)N[C@@H]1[C@H]2CCO[C@@H]2C12CCC2. The molecule has 2 aromatic rings. The molecule has 5 heteroatoms. The lowest BCUT2D eigenvalue weighted by Gasteiger charge is -2.63. The van der Waals surface area contributed by atoms with E-state index < -0.39 is 0 Å². The fourth-order valence-corrected chi connectivity index (χ4v) is 5.23. The predicted octanol–water partition coefficient (Wildman–Crippen LogP) is 2.97. The van der Waals surface area contributed by atoms with Crippen molar-refractivity contribution in [2.75, 3.05) is 13.2 Å². The minimum atomic E-state index is -0.0299. The molecule has 3 fully saturated rings. The fraction of sp³-hybridized carbons (Fsp3) is 0.550. The summed E-state index contributed by atoms with van der Waals surface area (Å²) in [5, 5.41) is 7.50. The van der Waals surface area contributed by atoms with E-state index in [1.807, 2.05) is 12.1 Å². The maximum absolute atomic E-state index is 12.4. The largest absolute Gasteiger partial charge is 0.377 e. The summed E-state index contributed by atoms with van der Waals surface area (Å²) < 4.78 is 5.91. The molecule has 2 aliphatic carbocycles. The number of fused-ring (bicyclic) bond motifs is 3. The standard InChI is InChI=1S/C20H25N3O2/c24-19(21-10-6-14-12-13-4-1-2-5-16(13)22-14)23-17-15-7-11-25-18(15)20(17)8-3-9-20/h1-2,4-5,12,15,17-18,22H,3,6-11H2,(H2,21,23,24)/t15-,17-,18+/m1/s1. The number of nitrogens with one attached hydrogen (secondary N) is 3. The van der Waals surface area contributed by atoms with Crippen LogP contribution in [0.2, 0.25) is 0 Å². The first-order chi connectivity index (χ1) is 12.3. The Balaban J connectivity index is 1.15. The van der Waals surface area contributed by atoms with Crippen LogP contribution in [0.4, 0.5) is 4.79 Å². The van der Waals surface area contributed by atoms with E-state index in [1.165, 1.54) is 24.6 Å². The zero-order valence-corrected chi connectivity index (χ0v) is 14.4. The molecular weight excluding hydrogens is 314 g/mol. The van der Waals surface area contributed by atoms with Crippen LogP contribution in [-0.2, 0) is 11.2 Å². The third kappa shape index (κ3) is 2.36. The van der Waals surface area contributed by atoms with Crippen molar-refractivity contribution in [3.8, 4) is 0 Å². The molecule has 2 saturated carbocycles. The van der Waals surface area contributed by atoms with Gasteiger partial charge in [-0.2, -0.15) is 0 Å². The molecule has 1 aromatic heterocycles. The number of carbonyl (C=O) groups is 1. The predicted molar refractivity (Wildman–Crippen MR) is 96.5 cm³/mol. The van der Waals surface area contributed by atoms with Gasteiger partial charge in [-0.25, -0.2) is 4.79 Å². The highest BCUT2D eigenvalue weighted by atomic mass is 16.5. The Kier molecular flexibility index (Phi) is 3.52. The molecule has 1 saturated heterocycles. The van der Waals surface area contributed by atoms with E-state index in [0.29, 0.717) is 24.6 Å². The third-order valence-corrected chi connectivity index (χ3v) is 6.59. The summed E-state index contributed by atoms with van der Waals surface area (Å²) in [6.07, 6.45) is 5.98. The number of carbonyl (C=O) groups excluding carboxylic acids is 1. The van der Waals surface area contributed by atoms with Gasteiger partial charge in [-0.1, -0.05) is 24.6 Å². The molecular formula is C20H25N3O2. The van der Waals surface area contributed by atoms with Gasteiger partial charge in [-0.3, -0.25) is 0 Å². The lowest BCUT2D eigenvalue weighted by atomic mass is 9.46. The average Bonchev–Trinajstić information content (AvgIpc) is 3.16. The Labute approximate surface area is 147 Å². The number of amides is 2. The first-order valence-corrected chi connectivity index (χ1v) is 9.49. The molecule has 1 spiro atoms. The lowest BCUT2D eigenvalue weighted by Crippen LogP contribution is -2.72. The zero-order chi connectivity index (χ0) is 16.9. The Morgan fingerprint density at radius 2 is 2.20 bits per heavy atom. The Bertz CT molecular complexity index is 762. The maximum atomic E-state index is 12.4. The van der Waals surface area contributed by atoms with Gasteiger partial charge in [0, 0.05) is 48.2 Å². The average molecular weight is 339 g/mol. The number of hydrogen-bond acceptors (Lipinski definition) is 2. The maximum Gasteiger partial charge on any atom is 0.315 e. The molecule has 5 nitrogen and oxygen atoms in total. The molecule has 0 bridgehead atoms. The molecule has 2 heterocycles. The number of rotatable bonds is 4. The number of para-hydroxylation sites is 1. The lowest BCUT2D eigenvalue weighted by molar-refractivity contribution is -0.172. The van der Waals surface area contributed by atoms with Crippen LogP contribution in [0.25, 0.3) is 10.9 Å². The number of hydrogen-bond donors (Lipinski definition) is 3. The van der Waals surface area contributed by atoms with Gasteiger partial charge in [0.05, 0.1) is 6.10 Å². The topological polar surface area (TPSA) is 66.2 Å². The van der Waals surface area contributed by atoms with Crippen LogP contribution in [0, 0.1) is 11.3 Å². The molecule has 3 atom stereocenters. The second-order valence-corrected chi connectivity index (χ2v) is 7.84. The smallest absolute Gasteiger partial charge is 0.315 e. The van der Waals surface area contributed by atoms with Crippen molar-refractivity contribution >= 4 is 16.9 Å². The summed E-state index contributed by atoms with van der Waals surface area (Å²) in [7, 11) is 0. The molecule has 25 heavy (non-hydrogen) atoms. The summed E-state index contributed by atoms with van der Waals surface area (Å²) in [6, 6.07) is 10.7. The van der Waals surface area contributed by atoms with Crippen molar-refractivity contribution in [2.45, 2.75) is 44.2 Å². The van der Waals surface area contributed by atoms with Crippen molar-refractivity contribution in [2.24, 2.45) is 11.3 Å². The zero-order valence-electron chi connectivity index (χ0n) is 14.4. The first kappa shape index (κ1) is 15.3. The van der Waals surface area contributed by atoms with E-state index in [1.54, 1.807) is 0 Å². The molecule has 2 amide bonds. The van der Waals surface area contributed by atoms with E-state index >= 15 is 0 Å². The second-order valence-electron chi connectivity index (χ2n) is 7.84. The highest BCUT2D eigenvalue weighted by Crippen LogP contribution is 2.62. The summed E-state index contributed by atoms with van der Waals surface area (Å²) in [4.78, 5) is 15.8. The van der Waals surface area contributed by atoms with Crippen molar-refractivity contribution in [1.29, 1.82) is 0 Å². The number of H-pyrrole nitrogens is 1. The van der Waals surface area contributed by atoms with E-state index in [-0.39, 0.29) is 11.4 Å². The van der Waals surface area contributed by atoms with Gasteiger partial charge in [0.2, 0.25) is 0 Å². The number of aromatic nitrogens is 1. The van der Waals surface area contributed by atoms with Crippen molar-refractivity contribution in [3.05, 3.63) is 36.0 Å². The van der Waals surface area contributed by atoms with E-state index in [4.69, 9.17) is 4.74 Å². The molecule has 1 aromatic carbocycles. The van der Waals surface area contributed by atoms with Crippen molar-refractivity contribution in [1.82, 2.24) is 15.6 Å². The van der Waals surface area contributed by atoms with Gasteiger partial charge in [0.1, 0.15) is 0 Å². The van der Waals surface area contributed by atoms with Gasteiger partial charge in [0.15, 0.2) is 0 Å². The quantitative estimate of drug-likeness (QED) is 0.802. The van der Waals surface area contributed by atoms with E-state index in [9.17, 15) is 4.79 Å². The van der Waals surface area contributed by atoms with Crippen LogP contribution in [0.1, 0.15) is 31.4 Å². The summed E-state index contributed by atoms with van der Waals surface area (Å²) in [6.45, 7) is 1.50. The molecule has 3 N–H and O–H groups in total. The molecule has 1 aliphatic heterocycles. The molecule has 5 rings (SSSR count). The summed E-state index contributed by atoms with van der Waals surface area (Å²) in [5.41, 5.74) is 2.55. The van der Waals surface area contributed by atoms with Crippen LogP contribution in [0.15, 0.2) is 30.3 Å². The van der Waals surface area contributed by atoms with Gasteiger partial charge >= 0.3 is 6.03 Å². The molecule has 132 valence electrons. The van der Waals surface area contributed by atoms with Crippen molar-refractivity contribution < 1.29 is 9.53 Å². The summed E-state index contributed by atoms with van der Waals surface area (Å²) >= 11 is 0. The minimum Gasteiger partial charge on any atom is -0.377 e. The van der Waals surface area contributed by atoms with Gasteiger partial charge < -0.3 is 20.4 Å². The molecule has 0 radical (unpaired) electrons. The second kappa shape index (κ2) is 5.77.